The van der Waals surface area contributed by atoms with E-state index < -0.39 is 24.6 Å². The molecule has 1 aromatic rings. The van der Waals surface area contributed by atoms with Gasteiger partial charge in [0.05, 0.1) is 18.8 Å². The minimum absolute atomic E-state index is 0.164. The average Bonchev–Trinajstić information content (AvgIpc) is 2.45. The zero-order valence-corrected chi connectivity index (χ0v) is 11.9. The summed E-state index contributed by atoms with van der Waals surface area (Å²) in [4.78, 5) is 0. The van der Waals surface area contributed by atoms with Crippen LogP contribution in [0.2, 0.25) is 0 Å². The summed E-state index contributed by atoms with van der Waals surface area (Å²) in [6, 6.07) is 6.85. The third-order valence-electron chi connectivity index (χ3n) is 3.56. The van der Waals surface area contributed by atoms with Crippen molar-refractivity contribution in [2.75, 3.05) is 6.61 Å². The standard InChI is InChI=1S/C15H22O6/c1-9(6-10-2-4-11(17)5-3-10)20-14-7-12(18)15(19)13(8-16)21-14/h2-5,9,12-19H,6-8H2,1H3/t9?,12?,13?,14-,15+/m1/s1. The molecule has 0 bridgehead atoms. The first-order valence-electron chi connectivity index (χ1n) is 7.05. The molecule has 5 atom stereocenters. The lowest BCUT2D eigenvalue weighted by Crippen LogP contribution is -2.51. The lowest BCUT2D eigenvalue weighted by Gasteiger charge is -2.37. The second-order valence-corrected chi connectivity index (χ2v) is 5.40. The SMILES string of the molecule is CC(Cc1ccc(O)cc1)O[C@H]1CC(O)[C@H](O)C(CO)O1. The number of phenols is 1. The Morgan fingerprint density at radius 1 is 1.29 bits per heavy atom. The second-order valence-electron chi connectivity index (χ2n) is 5.40. The van der Waals surface area contributed by atoms with Crippen LogP contribution < -0.4 is 0 Å². The fourth-order valence-corrected chi connectivity index (χ4v) is 2.43. The molecule has 0 saturated carbocycles. The van der Waals surface area contributed by atoms with Crippen molar-refractivity contribution >= 4 is 0 Å². The number of benzene rings is 1. The van der Waals surface area contributed by atoms with E-state index in [1.54, 1.807) is 12.1 Å². The Balaban J connectivity index is 1.87. The van der Waals surface area contributed by atoms with Gasteiger partial charge in [0.15, 0.2) is 6.29 Å². The van der Waals surface area contributed by atoms with Crippen molar-refractivity contribution in [3.63, 3.8) is 0 Å². The molecule has 1 fully saturated rings. The van der Waals surface area contributed by atoms with E-state index in [1.807, 2.05) is 19.1 Å². The molecule has 2 rings (SSSR count). The molecule has 118 valence electrons. The number of rotatable bonds is 5. The number of hydrogen-bond donors (Lipinski definition) is 4. The maximum atomic E-state index is 9.73. The van der Waals surface area contributed by atoms with Crippen molar-refractivity contribution in [2.24, 2.45) is 0 Å². The maximum absolute atomic E-state index is 9.73. The molecule has 0 aliphatic carbocycles. The minimum Gasteiger partial charge on any atom is -0.508 e. The summed E-state index contributed by atoms with van der Waals surface area (Å²) in [6.07, 6.45) is -2.93. The second kappa shape index (κ2) is 7.20. The summed E-state index contributed by atoms with van der Waals surface area (Å²) in [5.41, 5.74) is 1.01. The Labute approximate surface area is 123 Å². The number of aliphatic hydroxyl groups is 3. The molecule has 6 nitrogen and oxygen atoms in total. The minimum atomic E-state index is -1.10. The first kappa shape index (κ1) is 16.2. The van der Waals surface area contributed by atoms with Crippen molar-refractivity contribution in [1.82, 2.24) is 0 Å². The summed E-state index contributed by atoms with van der Waals surface area (Å²) in [6.45, 7) is 1.51. The van der Waals surface area contributed by atoms with E-state index in [9.17, 15) is 15.3 Å². The Morgan fingerprint density at radius 2 is 1.95 bits per heavy atom. The van der Waals surface area contributed by atoms with Gasteiger partial charge in [-0.3, -0.25) is 0 Å². The fraction of sp³-hybridized carbons (Fsp3) is 0.600. The lowest BCUT2D eigenvalue weighted by molar-refractivity contribution is -0.267. The van der Waals surface area contributed by atoms with Crippen LogP contribution in [0.5, 0.6) is 5.75 Å². The molecule has 0 amide bonds. The highest BCUT2D eigenvalue weighted by molar-refractivity contribution is 5.26. The Hall–Kier alpha value is -1.18. The van der Waals surface area contributed by atoms with Gasteiger partial charge in [0.2, 0.25) is 0 Å². The average molecular weight is 298 g/mol. The quantitative estimate of drug-likeness (QED) is 0.618. The van der Waals surface area contributed by atoms with E-state index in [0.717, 1.165) is 5.56 Å². The van der Waals surface area contributed by atoms with Crippen LogP contribution in [0, 0.1) is 0 Å². The number of hydrogen-bond acceptors (Lipinski definition) is 6. The van der Waals surface area contributed by atoms with E-state index in [2.05, 4.69) is 0 Å². The van der Waals surface area contributed by atoms with Crippen LogP contribution in [0.25, 0.3) is 0 Å². The zero-order valence-electron chi connectivity index (χ0n) is 11.9. The predicted octanol–water partition coefficient (Wildman–Crippen LogP) is 0.169. The summed E-state index contributed by atoms with van der Waals surface area (Å²) in [5.74, 6) is 0.214. The van der Waals surface area contributed by atoms with Crippen LogP contribution in [-0.2, 0) is 15.9 Å². The van der Waals surface area contributed by atoms with Crippen LogP contribution in [0.15, 0.2) is 24.3 Å². The van der Waals surface area contributed by atoms with Gasteiger partial charge in [0, 0.05) is 6.42 Å². The van der Waals surface area contributed by atoms with Gasteiger partial charge in [0.25, 0.3) is 0 Å². The van der Waals surface area contributed by atoms with E-state index in [4.69, 9.17) is 14.6 Å². The van der Waals surface area contributed by atoms with Crippen molar-refractivity contribution in [3.8, 4) is 5.75 Å². The lowest BCUT2D eigenvalue weighted by atomic mass is 10.0. The molecule has 1 aliphatic heterocycles. The topological polar surface area (TPSA) is 99.4 Å². The van der Waals surface area contributed by atoms with Crippen LogP contribution in [0.3, 0.4) is 0 Å². The first-order valence-corrected chi connectivity index (χ1v) is 7.05. The van der Waals surface area contributed by atoms with Gasteiger partial charge in [0.1, 0.15) is 18.0 Å². The molecular formula is C15H22O6. The monoisotopic (exact) mass is 298 g/mol. The molecule has 4 N–H and O–H groups in total. The highest BCUT2D eigenvalue weighted by atomic mass is 16.7. The number of aromatic hydroxyl groups is 1. The molecule has 1 aromatic carbocycles. The normalized spacial score (nSPS) is 31.0. The summed E-state index contributed by atoms with van der Waals surface area (Å²) in [7, 11) is 0. The number of phenolic OH excluding ortho intramolecular Hbond substituents is 1. The number of ether oxygens (including phenoxy) is 2. The molecule has 0 aromatic heterocycles. The van der Waals surface area contributed by atoms with Crippen molar-refractivity contribution in [3.05, 3.63) is 29.8 Å². The molecule has 1 saturated heterocycles. The van der Waals surface area contributed by atoms with E-state index >= 15 is 0 Å². The van der Waals surface area contributed by atoms with Gasteiger partial charge in [-0.15, -0.1) is 0 Å². The van der Waals surface area contributed by atoms with Crippen LogP contribution >= 0.6 is 0 Å². The molecule has 1 aliphatic rings. The van der Waals surface area contributed by atoms with Gasteiger partial charge in [-0.05, 0) is 31.0 Å². The Bertz CT molecular complexity index is 434. The third kappa shape index (κ3) is 4.39. The smallest absolute Gasteiger partial charge is 0.161 e. The molecule has 1 heterocycles. The van der Waals surface area contributed by atoms with E-state index in [1.165, 1.54) is 0 Å². The predicted molar refractivity (Wildman–Crippen MR) is 74.7 cm³/mol. The van der Waals surface area contributed by atoms with Crippen molar-refractivity contribution in [2.45, 2.75) is 50.5 Å². The molecule has 0 radical (unpaired) electrons. The van der Waals surface area contributed by atoms with Gasteiger partial charge in [-0.25, -0.2) is 0 Å². The van der Waals surface area contributed by atoms with Gasteiger partial charge in [-0.2, -0.15) is 0 Å². The van der Waals surface area contributed by atoms with Crippen molar-refractivity contribution < 1.29 is 29.9 Å². The Kier molecular flexibility index (Phi) is 5.55. The molecule has 21 heavy (non-hydrogen) atoms. The van der Waals surface area contributed by atoms with Gasteiger partial charge in [-0.1, -0.05) is 12.1 Å². The van der Waals surface area contributed by atoms with Gasteiger partial charge < -0.3 is 29.9 Å². The number of aliphatic hydroxyl groups excluding tert-OH is 3. The molecule has 0 spiro atoms. The molecule has 3 unspecified atom stereocenters. The van der Waals surface area contributed by atoms with Crippen molar-refractivity contribution in [1.29, 1.82) is 0 Å². The van der Waals surface area contributed by atoms with E-state index in [-0.39, 0.29) is 24.9 Å². The molecular weight excluding hydrogens is 276 g/mol. The largest absolute Gasteiger partial charge is 0.508 e. The third-order valence-corrected chi connectivity index (χ3v) is 3.56. The highest BCUT2D eigenvalue weighted by Gasteiger charge is 2.37. The van der Waals surface area contributed by atoms with Crippen LogP contribution in [0.1, 0.15) is 18.9 Å². The van der Waals surface area contributed by atoms with Crippen LogP contribution in [-0.4, -0.2) is 57.7 Å². The first-order chi connectivity index (χ1) is 9.99. The summed E-state index contributed by atoms with van der Waals surface area (Å²) >= 11 is 0. The Morgan fingerprint density at radius 3 is 2.57 bits per heavy atom. The van der Waals surface area contributed by atoms with E-state index in [0.29, 0.717) is 6.42 Å². The van der Waals surface area contributed by atoms with Crippen LogP contribution in [0.4, 0.5) is 0 Å². The fourth-order valence-electron chi connectivity index (χ4n) is 2.43. The molecule has 6 heteroatoms. The zero-order chi connectivity index (χ0) is 15.4. The van der Waals surface area contributed by atoms with Gasteiger partial charge >= 0.3 is 0 Å². The maximum Gasteiger partial charge on any atom is 0.161 e. The summed E-state index contributed by atoms with van der Waals surface area (Å²) in [5, 5.41) is 37.7. The summed E-state index contributed by atoms with van der Waals surface area (Å²) < 4.78 is 11.1. The highest BCUT2D eigenvalue weighted by Crippen LogP contribution is 2.23.